The minimum atomic E-state index is -0.663. The first-order valence-corrected chi connectivity index (χ1v) is 9.51. The van der Waals surface area contributed by atoms with Crippen molar-refractivity contribution in [3.63, 3.8) is 0 Å². The van der Waals surface area contributed by atoms with Crippen LogP contribution in [0, 0.1) is 0 Å². The molecule has 114 valence electrons. The van der Waals surface area contributed by atoms with E-state index in [0.29, 0.717) is 6.42 Å². The van der Waals surface area contributed by atoms with Gasteiger partial charge in [0.05, 0.1) is 6.42 Å². The molecule has 3 nitrogen and oxygen atoms in total. The van der Waals surface area contributed by atoms with Crippen LogP contribution in [0.15, 0.2) is 45.8 Å². The molecule has 1 unspecified atom stereocenters. The molecule has 0 bridgehead atoms. The smallest absolute Gasteiger partial charge is 0.224 e. The Labute approximate surface area is 140 Å². The Hall–Kier alpha value is -1.47. The molecule has 0 radical (unpaired) electrons. The largest absolute Gasteiger partial charge is 0.386 e. The van der Waals surface area contributed by atoms with Crippen molar-refractivity contribution < 1.29 is 9.90 Å². The van der Waals surface area contributed by atoms with Gasteiger partial charge in [-0.15, -0.1) is 11.3 Å². The molecule has 0 spiro atoms. The van der Waals surface area contributed by atoms with Crippen LogP contribution in [0.5, 0.6) is 0 Å². The van der Waals surface area contributed by atoms with Gasteiger partial charge >= 0.3 is 0 Å². The van der Waals surface area contributed by atoms with Gasteiger partial charge in [0.25, 0.3) is 0 Å². The summed E-state index contributed by atoms with van der Waals surface area (Å²) < 4.78 is 0. The van der Waals surface area contributed by atoms with Crippen molar-refractivity contribution in [2.45, 2.75) is 12.5 Å². The average molecular weight is 350 g/mol. The molecule has 22 heavy (non-hydrogen) atoms. The standard InChI is InChI=1S/C16H15NO2S3/c18-13(8-17-16(19)7-11-3-5-20-9-11)15-2-1-14(22-15)12-4-6-21-10-12/h1-6,9-10,13,18H,7-8H2,(H,17,19). The van der Waals surface area contributed by atoms with Crippen molar-refractivity contribution in [1.82, 2.24) is 5.32 Å². The quantitative estimate of drug-likeness (QED) is 0.708. The molecule has 0 aliphatic carbocycles. The van der Waals surface area contributed by atoms with Crippen LogP contribution in [0.2, 0.25) is 0 Å². The highest BCUT2D eigenvalue weighted by Crippen LogP contribution is 2.32. The van der Waals surface area contributed by atoms with Crippen LogP contribution in [0.1, 0.15) is 16.5 Å². The zero-order valence-electron chi connectivity index (χ0n) is 11.7. The molecule has 3 heterocycles. The van der Waals surface area contributed by atoms with Gasteiger partial charge in [-0.2, -0.15) is 22.7 Å². The topological polar surface area (TPSA) is 49.3 Å². The minimum absolute atomic E-state index is 0.0629. The fraction of sp³-hybridized carbons (Fsp3) is 0.188. The molecule has 3 aromatic heterocycles. The lowest BCUT2D eigenvalue weighted by molar-refractivity contribution is -0.120. The predicted octanol–water partition coefficient (Wildman–Crippen LogP) is 3.93. The lowest BCUT2D eigenvalue weighted by Crippen LogP contribution is -2.29. The van der Waals surface area contributed by atoms with E-state index in [9.17, 15) is 9.90 Å². The number of aliphatic hydroxyl groups excluding tert-OH is 1. The van der Waals surface area contributed by atoms with E-state index in [1.807, 2.05) is 34.3 Å². The molecule has 0 saturated heterocycles. The lowest BCUT2D eigenvalue weighted by Gasteiger charge is -2.10. The van der Waals surface area contributed by atoms with Crippen LogP contribution in [0.25, 0.3) is 10.4 Å². The van der Waals surface area contributed by atoms with E-state index in [2.05, 4.69) is 16.8 Å². The molecule has 0 aliphatic rings. The SMILES string of the molecule is O=C(Cc1ccsc1)NCC(O)c1ccc(-c2ccsc2)s1. The Kier molecular flexibility index (Phi) is 5.04. The van der Waals surface area contributed by atoms with Gasteiger partial charge in [-0.3, -0.25) is 4.79 Å². The van der Waals surface area contributed by atoms with Gasteiger partial charge in [0.2, 0.25) is 5.91 Å². The van der Waals surface area contributed by atoms with Gasteiger partial charge in [0.15, 0.2) is 0 Å². The van der Waals surface area contributed by atoms with Gasteiger partial charge in [0, 0.05) is 21.9 Å². The fourth-order valence-electron chi connectivity index (χ4n) is 2.04. The van der Waals surface area contributed by atoms with E-state index in [4.69, 9.17) is 0 Å². The number of aliphatic hydroxyl groups is 1. The van der Waals surface area contributed by atoms with E-state index in [1.165, 1.54) is 5.56 Å². The third kappa shape index (κ3) is 3.84. The molecule has 1 atom stereocenters. The molecule has 2 N–H and O–H groups in total. The second-order valence-electron chi connectivity index (χ2n) is 4.84. The van der Waals surface area contributed by atoms with E-state index >= 15 is 0 Å². The van der Waals surface area contributed by atoms with Gasteiger partial charge in [0.1, 0.15) is 6.10 Å². The highest BCUT2D eigenvalue weighted by atomic mass is 32.1. The first kappa shape index (κ1) is 15.4. The molecule has 0 aromatic carbocycles. The summed E-state index contributed by atoms with van der Waals surface area (Å²) in [5.41, 5.74) is 2.18. The molecule has 0 aliphatic heterocycles. The van der Waals surface area contributed by atoms with E-state index in [1.54, 1.807) is 34.0 Å². The summed E-state index contributed by atoms with van der Waals surface area (Å²) in [6, 6.07) is 7.94. The number of rotatable bonds is 6. The molecule has 6 heteroatoms. The van der Waals surface area contributed by atoms with E-state index in [-0.39, 0.29) is 12.5 Å². The molecular weight excluding hydrogens is 334 g/mol. The highest BCUT2D eigenvalue weighted by molar-refractivity contribution is 7.16. The maximum Gasteiger partial charge on any atom is 0.224 e. The Morgan fingerprint density at radius 1 is 1.14 bits per heavy atom. The Balaban J connectivity index is 1.53. The number of carbonyl (C=O) groups excluding carboxylic acids is 1. The summed E-state index contributed by atoms with van der Waals surface area (Å²) in [5, 5.41) is 21.0. The van der Waals surface area contributed by atoms with Crippen LogP contribution in [-0.4, -0.2) is 17.6 Å². The molecule has 0 fully saturated rings. The van der Waals surface area contributed by atoms with Crippen molar-refractivity contribution in [2.75, 3.05) is 6.54 Å². The summed E-state index contributed by atoms with van der Waals surface area (Å²) in [7, 11) is 0. The number of nitrogens with one attached hydrogen (secondary N) is 1. The van der Waals surface area contributed by atoms with Gasteiger partial charge in [-0.1, -0.05) is 0 Å². The Morgan fingerprint density at radius 2 is 1.95 bits per heavy atom. The summed E-state index contributed by atoms with van der Waals surface area (Å²) in [6.07, 6.45) is -0.301. The summed E-state index contributed by atoms with van der Waals surface area (Å²) in [6.45, 7) is 0.243. The molecule has 0 saturated carbocycles. The van der Waals surface area contributed by atoms with E-state index in [0.717, 1.165) is 15.3 Å². The van der Waals surface area contributed by atoms with E-state index < -0.39 is 6.10 Å². The minimum Gasteiger partial charge on any atom is -0.386 e. The van der Waals surface area contributed by atoms with Crippen molar-refractivity contribution in [3.8, 4) is 10.4 Å². The predicted molar refractivity (Wildman–Crippen MR) is 93.6 cm³/mol. The number of hydrogen-bond donors (Lipinski definition) is 2. The van der Waals surface area contributed by atoms with Crippen LogP contribution in [-0.2, 0) is 11.2 Å². The molecule has 1 amide bonds. The first-order valence-electron chi connectivity index (χ1n) is 6.80. The fourth-order valence-corrected chi connectivity index (χ4v) is 4.43. The first-order chi connectivity index (χ1) is 10.7. The highest BCUT2D eigenvalue weighted by Gasteiger charge is 2.13. The summed E-state index contributed by atoms with van der Waals surface area (Å²) in [5.74, 6) is -0.0629. The molecule has 3 aromatic rings. The van der Waals surface area contributed by atoms with Crippen LogP contribution < -0.4 is 5.32 Å². The third-order valence-electron chi connectivity index (χ3n) is 3.20. The maximum absolute atomic E-state index is 11.8. The number of hydrogen-bond acceptors (Lipinski definition) is 5. The number of carbonyl (C=O) groups is 1. The van der Waals surface area contributed by atoms with Crippen LogP contribution in [0.4, 0.5) is 0 Å². The number of amides is 1. The lowest BCUT2D eigenvalue weighted by atomic mass is 10.2. The van der Waals surface area contributed by atoms with Crippen molar-refractivity contribution in [3.05, 3.63) is 56.2 Å². The average Bonchev–Trinajstić information content (AvgIpc) is 3.23. The summed E-state index contributed by atoms with van der Waals surface area (Å²) in [4.78, 5) is 13.8. The van der Waals surface area contributed by atoms with Crippen molar-refractivity contribution >= 4 is 39.9 Å². The van der Waals surface area contributed by atoms with Crippen LogP contribution >= 0.6 is 34.0 Å². The van der Waals surface area contributed by atoms with Gasteiger partial charge in [-0.05, 0) is 51.3 Å². The van der Waals surface area contributed by atoms with Gasteiger partial charge < -0.3 is 10.4 Å². The van der Waals surface area contributed by atoms with Gasteiger partial charge in [-0.25, -0.2) is 0 Å². The molecular formula is C16H15NO2S3. The second-order valence-corrected chi connectivity index (χ2v) is 7.52. The summed E-state index contributed by atoms with van der Waals surface area (Å²) >= 11 is 4.80. The third-order valence-corrected chi connectivity index (χ3v) is 5.85. The Morgan fingerprint density at radius 3 is 2.68 bits per heavy atom. The Bertz CT molecular complexity index is 717. The zero-order chi connectivity index (χ0) is 15.4. The maximum atomic E-state index is 11.8. The monoisotopic (exact) mass is 349 g/mol. The van der Waals surface area contributed by atoms with Crippen LogP contribution in [0.3, 0.4) is 0 Å². The molecule has 3 rings (SSSR count). The zero-order valence-corrected chi connectivity index (χ0v) is 14.1. The van der Waals surface area contributed by atoms with Crippen molar-refractivity contribution in [2.24, 2.45) is 0 Å². The van der Waals surface area contributed by atoms with Crippen molar-refractivity contribution in [1.29, 1.82) is 0 Å². The second kappa shape index (κ2) is 7.19. The number of thiophene rings is 3. The normalized spacial score (nSPS) is 12.2.